The summed E-state index contributed by atoms with van der Waals surface area (Å²) in [4.78, 5) is 4.71. The average Bonchev–Trinajstić information content (AvgIpc) is 2.44. The maximum atomic E-state index is 4.71. The van der Waals surface area contributed by atoms with Gasteiger partial charge >= 0.3 is 0 Å². The lowest BCUT2D eigenvalue weighted by atomic mass is 9.96. The zero-order valence-electron chi connectivity index (χ0n) is 10.1. The van der Waals surface area contributed by atoms with Crippen LogP contribution in [0.15, 0.2) is 18.2 Å². The fourth-order valence-electron chi connectivity index (χ4n) is 2.14. The largest absolute Gasteiger partial charge is 0.330 e. The quantitative estimate of drug-likeness (QED) is 0.641. The molecule has 0 amide bonds. The number of benzene rings is 1. The summed E-state index contributed by atoms with van der Waals surface area (Å²) in [5.41, 5.74) is 3.74. The van der Waals surface area contributed by atoms with E-state index in [1.54, 1.807) is 0 Å². The Morgan fingerprint density at radius 2 is 1.87 bits per heavy atom. The average molecular weight is 202 g/mol. The number of aromatic nitrogens is 2. The summed E-state index contributed by atoms with van der Waals surface area (Å²) >= 11 is 0. The van der Waals surface area contributed by atoms with Crippen molar-refractivity contribution in [2.75, 3.05) is 0 Å². The van der Waals surface area contributed by atoms with E-state index in [2.05, 4.69) is 57.5 Å². The first kappa shape index (κ1) is 10.2. The van der Waals surface area contributed by atoms with Crippen LogP contribution in [0.25, 0.3) is 11.0 Å². The van der Waals surface area contributed by atoms with Crippen LogP contribution < -0.4 is 0 Å². The second-order valence-corrected chi connectivity index (χ2v) is 5.19. The number of hydrogen-bond donors (Lipinski definition) is 0. The molecule has 15 heavy (non-hydrogen) atoms. The predicted molar refractivity (Wildman–Crippen MR) is 64.2 cm³/mol. The number of hydrogen-bond acceptors (Lipinski definition) is 1. The Balaban J connectivity index is 2.82. The Morgan fingerprint density at radius 1 is 1.20 bits per heavy atom. The highest BCUT2D eigenvalue weighted by Crippen LogP contribution is 2.26. The molecule has 2 heteroatoms. The second-order valence-electron chi connectivity index (χ2n) is 5.19. The van der Waals surface area contributed by atoms with E-state index in [-0.39, 0.29) is 5.41 Å². The summed E-state index contributed by atoms with van der Waals surface area (Å²) in [7, 11) is 2.10. The van der Waals surface area contributed by atoms with Crippen LogP contribution in [-0.4, -0.2) is 9.55 Å². The van der Waals surface area contributed by atoms with Crippen molar-refractivity contribution in [1.29, 1.82) is 0 Å². The van der Waals surface area contributed by atoms with Crippen LogP contribution in [-0.2, 0) is 12.5 Å². The third-order valence-corrected chi connectivity index (χ3v) is 2.77. The van der Waals surface area contributed by atoms with Crippen molar-refractivity contribution in [3.8, 4) is 0 Å². The molecule has 0 saturated heterocycles. The van der Waals surface area contributed by atoms with E-state index in [9.17, 15) is 0 Å². The van der Waals surface area contributed by atoms with Gasteiger partial charge in [0.2, 0.25) is 0 Å². The number of para-hydroxylation sites is 1. The van der Waals surface area contributed by atoms with Gasteiger partial charge in [0.1, 0.15) is 5.82 Å². The Labute approximate surface area is 90.9 Å². The summed E-state index contributed by atoms with van der Waals surface area (Å²) < 4.78 is 2.21. The summed E-state index contributed by atoms with van der Waals surface area (Å²) in [6.45, 7) is 8.73. The number of nitrogens with zero attached hydrogens (tertiary/aromatic N) is 2. The van der Waals surface area contributed by atoms with Crippen molar-refractivity contribution in [3.63, 3.8) is 0 Å². The Bertz CT molecular complexity index is 501. The molecule has 0 unspecified atom stereocenters. The molecule has 0 spiro atoms. The zero-order chi connectivity index (χ0) is 11.2. The van der Waals surface area contributed by atoms with Gasteiger partial charge in [0, 0.05) is 12.5 Å². The first-order valence-electron chi connectivity index (χ1n) is 5.34. The van der Waals surface area contributed by atoms with E-state index in [4.69, 9.17) is 4.98 Å². The normalized spacial score (nSPS) is 12.3. The van der Waals surface area contributed by atoms with Crippen molar-refractivity contribution in [2.45, 2.75) is 33.1 Å². The predicted octanol–water partition coefficient (Wildman–Crippen LogP) is 3.18. The van der Waals surface area contributed by atoms with Gasteiger partial charge in [-0.1, -0.05) is 32.9 Å². The van der Waals surface area contributed by atoms with E-state index >= 15 is 0 Å². The SMILES string of the molecule is Cc1cccc2nc(C(C)(C)C)n(C)c12. The molecule has 80 valence electrons. The van der Waals surface area contributed by atoms with Gasteiger partial charge in [-0.3, -0.25) is 0 Å². The van der Waals surface area contributed by atoms with E-state index < -0.39 is 0 Å². The number of imidazole rings is 1. The molecule has 0 aliphatic rings. The van der Waals surface area contributed by atoms with E-state index in [0.717, 1.165) is 11.3 Å². The zero-order valence-corrected chi connectivity index (χ0v) is 10.1. The van der Waals surface area contributed by atoms with Gasteiger partial charge < -0.3 is 4.57 Å². The van der Waals surface area contributed by atoms with Gasteiger partial charge in [0.05, 0.1) is 11.0 Å². The maximum absolute atomic E-state index is 4.71. The highest BCUT2D eigenvalue weighted by atomic mass is 15.1. The Hall–Kier alpha value is -1.31. The van der Waals surface area contributed by atoms with Crippen LogP contribution in [0.4, 0.5) is 0 Å². The first-order valence-corrected chi connectivity index (χ1v) is 5.34. The first-order chi connectivity index (χ1) is 6.91. The van der Waals surface area contributed by atoms with Gasteiger partial charge in [-0.25, -0.2) is 4.98 Å². The molecule has 1 aromatic heterocycles. The lowest BCUT2D eigenvalue weighted by Crippen LogP contribution is -2.17. The minimum Gasteiger partial charge on any atom is -0.330 e. The molecule has 2 rings (SSSR count). The van der Waals surface area contributed by atoms with Gasteiger partial charge in [-0.15, -0.1) is 0 Å². The molecular weight excluding hydrogens is 184 g/mol. The van der Waals surface area contributed by atoms with Crippen molar-refractivity contribution in [3.05, 3.63) is 29.6 Å². The molecule has 2 nitrogen and oxygen atoms in total. The van der Waals surface area contributed by atoms with E-state index in [1.165, 1.54) is 11.1 Å². The van der Waals surface area contributed by atoms with Crippen LogP contribution in [0.2, 0.25) is 0 Å². The van der Waals surface area contributed by atoms with Crippen LogP contribution in [0.1, 0.15) is 32.2 Å². The number of aryl methyl sites for hydroxylation is 2. The molecule has 0 N–H and O–H groups in total. The van der Waals surface area contributed by atoms with Crippen LogP contribution in [0.3, 0.4) is 0 Å². The van der Waals surface area contributed by atoms with Gasteiger partial charge in [-0.05, 0) is 18.6 Å². The van der Waals surface area contributed by atoms with Crippen LogP contribution >= 0.6 is 0 Å². The van der Waals surface area contributed by atoms with Gasteiger partial charge in [0.25, 0.3) is 0 Å². The molecule has 0 saturated carbocycles. The lowest BCUT2D eigenvalue weighted by Gasteiger charge is -2.17. The monoisotopic (exact) mass is 202 g/mol. The summed E-state index contributed by atoms with van der Waals surface area (Å²) in [5.74, 6) is 1.15. The second kappa shape index (κ2) is 3.09. The van der Waals surface area contributed by atoms with Crippen molar-refractivity contribution >= 4 is 11.0 Å². The third-order valence-electron chi connectivity index (χ3n) is 2.77. The molecule has 0 atom stereocenters. The Morgan fingerprint density at radius 3 is 2.40 bits per heavy atom. The molecule has 0 radical (unpaired) electrons. The maximum Gasteiger partial charge on any atom is 0.115 e. The molecule has 1 aromatic carbocycles. The third kappa shape index (κ3) is 1.54. The fraction of sp³-hybridized carbons (Fsp3) is 0.462. The molecule has 0 aliphatic carbocycles. The van der Waals surface area contributed by atoms with Crippen molar-refractivity contribution in [2.24, 2.45) is 7.05 Å². The van der Waals surface area contributed by atoms with E-state index in [0.29, 0.717) is 0 Å². The van der Waals surface area contributed by atoms with Crippen LogP contribution in [0, 0.1) is 6.92 Å². The smallest absolute Gasteiger partial charge is 0.115 e. The molecular formula is C13H18N2. The minimum absolute atomic E-state index is 0.0974. The molecule has 2 aromatic rings. The minimum atomic E-state index is 0.0974. The molecule has 1 heterocycles. The van der Waals surface area contributed by atoms with Crippen molar-refractivity contribution in [1.82, 2.24) is 9.55 Å². The van der Waals surface area contributed by atoms with Crippen molar-refractivity contribution < 1.29 is 0 Å². The number of rotatable bonds is 0. The highest BCUT2D eigenvalue weighted by Gasteiger charge is 2.21. The molecule has 0 fully saturated rings. The van der Waals surface area contributed by atoms with E-state index in [1.807, 2.05) is 0 Å². The lowest BCUT2D eigenvalue weighted by molar-refractivity contribution is 0.526. The standard InChI is InChI=1S/C13H18N2/c1-9-7-6-8-10-11(9)15(5)12(14-10)13(2,3)4/h6-8H,1-5H3. The molecule has 0 bridgehead atoms. The van der Waals surface area contributed by atoms with Gasteiger partial charge in [-0.2, -0.15) is 0 Å². The number of fused-ring (bicyclic) bond motifs is 1. The topological polar surface area (TPSA) is 17.8 Å². The summed E-state index contributed by atoms with van der Waals surface area (Å²) in [6, 6.07) is 6.28. The Kier molecular flexibility index (Phi) is 2.10. The highest BCUT2D eigenvalue weighted by molar-refractivity contribution is 5.79. The van der Waals surface area contributed by atoms with Gasteiger partial charge in [0.15, 0.2) is 0 Å². The molecule has 0 aliphatic heterocycles. The summed E-state index contributed by atoms with van der Waals surface area (Å²) in [6.07, 6.45) is 0. The fourth-order valence-corrected chi connectivity index (χ4v) is 2.14. The van der Waals surface area contributed by atoms with Crippen LogP contribution in [0.5, 0.6) is 0 Å². The summed E-state index contributed by atoms with van der Waals surface area (Å²) in [5, 5.41) is 0.